The number of rotatable bonds is 5. The highest BCUT2D eigenvalue weighted by Gasteiger charge is 2.04. The van der Waals surface area contributed by atoms with Crippen LogP contribution in [0.25, 0.3) is 0 Å². The summed E-state index contributed by atoms with van der Waals surface area (Å²) in [7, 11) is 3.53. The number of halogens is 1. The molecule has 6 heteroatoms. The van der Waals surface area contributed by atoms with Gasteiger partial charge < -0.3 is 16.0 Å². The lowest BCUT2D eigenvalue weighted by atomic mass is 10.2. The first-order valence-electron chi connectivity index (χ1n) is 6.09. The summed E-state index contributed by atoms with van der Waals surface area (Å²) in [6.45, 7) is 1.38. The van der Waals surface area contributed by atoms with Gasteiger partial charge in [0.1, 0.15) is 0 Å². The standard InChI is InChI=1S/C13H19BrN4O/c1-15-13(16-2)18-8-4-7-17-12(19)10-5-3-6-11(14)9-10/h3,5-6,9H,4,7-8H2,1-2H3,(H,17,19)(H2,15,16,18). The molecule has 5 nitrogen and oxygen atoms in total. The third-order valence-corrected chi connectivity index (χ3v) is 2.97. The molecule has 0 saturated heterocycles. The predicted molar refractivity (Wildman–Crippen MR) is 81.5 cm³/mol. The summed E-state index contributed by atoms with van der Waals surface area (Å²) < 4.78 is 0.902. The Morgan fingerprint density at radius 1 is 1.32 bits per heavy atom. The first-order chi connectivity index (χ1) is 9.17. The predicted octanol–water partition coefficient (Wildman–Crippen LogP) is 1.36. The van der Waals surface area contributed by atoms with Gasteiger partial charge in [0.2, 0.25) is 0 Å². The number of carbonyl (C=O) groups excluding carboxylic acids is 1. The topological polar surface area (TPSA) is 65.5 Å². The molecule has 0 aliphatic carbocycles. The van der Waals surface area contributed by atoms with Crippen LogP contribution >= 0.6 is 15.9 Å². The quantitative estimate of drug-likeness (QED) is 0.435. The van der Waals surface area contributed by atoms with E-state index in [0.29, 0.717) is 12.1 Å². The second-order valence-electron chi connectivity index (χ2n) is 3.87. The Labute approximate surface area is 122 Å². The van der Waals surface area contributed by atoms with Gasteiger partial charge in [-0.1, -0.05) is 22.0 Å². The van der Waals surface area contributed by atoms with Crippen molar-refractivity contribution in [3.63, 3.8) is 0 Å². The number of amides is 1. The summed E-state index contributed by atoms with van der Waals surface area (Å²) >= 11 is 3.35. The van der Waals surface area contributed by atoms with Crippen molar-refractivity contribution in [1.29, 1.82) is 0 Å². The summed E-state index contributed by atoms with van der Waals surface area (Å²) in [5.74, 6) is 0.692. The molecule has 0 aliphatic rings. The Balaban J connectivity index is 2.25. The van der Waals surface area contributed by atoms with Crippen molar-refractivity contribution in [3.05, 3.63) is 34.3 Å². The van der Waals surface area contributed by atoms with Crippen LogP contribution in [0.1, 0.15) is 16.8 Å². The summed E-state index contributed by atoms with van der Waals surface area (Å²) in [6, 6.07) is 7.33. The van der Waals surface area contributed by atoms with E-state index >= 15 is 0 Å². The van der Waals surface area contributed by atoms with Gasteiger partial charge in [0.15, 0.2) is 5.96 Å². The summed E-state index contributed by atoms with van der Waals surface area (Å²) in [5, 5.41) is 8.93. The van der Waals surface area contributed by atoms with Crippen molar-refractivity contribution < 1.29 is 4.79 Å². The van der Waals surface area contributed by atoms with Gasteiger partial charge in [0, 0.05) is 37.2 Å². The zero-order valence-electron chi connectivity index (χ0n) is 11.2. The number of aliphatic imine (C=N–C) groups is 1. The van der Waals surface area contributed by atoms with E-state index in [9.17, 15) is 4.79 Å². The molecular formula is C13H19BrN4O. The van der Waals surface area contributed by atoms with E-state index in [1.54, 1.807) is 19.2 Å². The van der Waals surface area contributed by atoms with E-state index in [2.05, 4.69) is 36.9 Å². The van der Waals surface area contributed by atoms with Crippen molar-refractivity contribution in [1.82, 2.24) is 16.0 Å². The molecule has 19 heavy (non-hydrogen) atoms. The fourth-order valence-corrected chi connectivity index (χ4v) is 1.91. The first-order valence-corrected chi connectivity index (χ1v) is 6.89. The maximum absolute atomic E-state index is 11.8. The molecule has 1 amide bonds. The molecule has 0 spiro atoms. The van der Waals surface area contributed by atoms with Gasteiger partial charge in [-0.3, -0.25) is 9.79 Å². The summed E-state index contributed by atoms with van der Waals surface area (Å²) in [4.78, 5) is 15.8. The van der Waals surface area contributed by atoms with Crippen LogP contribution in [0.5, 0.6) is 0 Å². The van der Waals surface area contributed by atoms with E-state index in [1.165, 1.54) is 0 Å². The monoisotopic (exact) mass is 326 g/mol. The molecule has 1 aromatic rings. The molecule has 0 aliphatic heterocycles. The number of nitrogens with one attached hydrogen (secondary N) is 3. The van der Waals surface area contributed by atoms with Gasteiger partial charge >= 0.3 is 0 Å². The van der Waals surface area contributed by atoms with Gasteiger partial charge in [0.05, 0.1) is 0 Å². The van der Waals surface area contributed by atoms with Crippen LogP contribution in [0.4, 0.5) is 0 Å². The van der Waals surface area contributed by atoms with E-state index in [-0.39, 0.29) is 5.91 Å². The number of nitrogens with zero attached hydrogens (tertiary/aromatic N) is 1. The van der Waals surface area contributed by atoms with Crippen LogP contribution in [0, 0.1) is 0 Å². The minimum atomic E-state index is -0.0562. The van der Waals surface area contributed by atoms with Crippen LogP contribution in [0.2, 0.25) is 0 Å². The molecule has 1 aromatic carbocycles. The average Bonchev–Trinajstić information content (AvgIpc) is 2.42. The summed E-state index contributed by atoms with van der Waals surface area (Å²) in [6.07, 6.45) is 0.834. The van der Waals surface area contributed by atoms with Crippen molar-refractivity contribution >= 4 is 27.8 Å². The molecule has 0 unspecified atom stereocenters. The lowest BCUT2D eigenvalue weighted by molar-refractivity contribution is 0.0953. The second-order valence-corrected chi connectivity index (χ2v) is 4.78. The third kappa shape index (κ3) is 5.74. The molecule has 0 aromatic heterocycles. The van der Waals surface area contributed by atoms with Crippen molar-refractivity contribution in [2.75, 3.05) is 27.2 Å². The van der Waals surface area contributed by atoms with Crippen LogP contribution in [0.3, 0.4) is 0 Å². The van der Waals surface area contributed by atoms with Gasteiger partial charge in [-0.05, 0) is 24.6 Å². The Kier molecular flexibility index (Phi) is 6.95. The van der Waals surface area contributed by atoms with Crippen molar-refractivity contribution in [2.45, 2.75) is 6.42 Å². The number of carbonyl (C=O) groups is 1. The van der Waals surface area contributed by atoms with Crippen LogP contribution in [-0.4, -0.2) is 39.1 Å². The highest BCUT2D eigenvalue weighted by atomic mass is 79.9. The maximum atomic E-state index is 11.8. The Morgan fingerprint density at radius 2 is 2.05 bits per heavy atom. The molecular weight excluding hydrogens is 308 g/mol. The Bertz CT molecular complexity index is 448. The smallest absolute Gasteiger partial charge is 0.251 e. The molecule has 3 N–H and O–H groups in total. The zero-order chi connectivity index (χ0) is 14.1. The average molecular weight is 327 g/mol. The van der Waals surface area contributed by atoms with Gasteiger partial charge in [0.25, 0.3) is 5.91 Å². The molecule has 0 saturated carbocycles. The minimum absolute atomic E-state index is 0.0562. The van der Waals surface area contributed by atoms with Crippen molar-refractivity contribution in [3.8, 4) is 0 Å². The summed E-state index contributed by atoms with van der Waals surface area (Å²) in [5.41, 5.74) is 0.661. The highest BCUT2D eigenvalue weighted by Crippen LogP contribution is 2.11. The Hall–Kier alpha value is -1.56. The number of hydrogen-bond acceptors (Lipinski definition) is 2. The lowest BCUT2D eigenvalue weighted by Crippen LogP contribution is -2.36. The number of guanidine groups is 1. The largest absolute Gasteiger partial charge is 0.359 e. The molecule has 104 valence electrons. The third-order valence-electron chi connectivity index (χ3n) is 2.48. The van der Waals surface area contributed by atoms with Crippen molar-refractivity contribution in [2.24, 2.45) is 4.99 Å². The van der Waals surface area contributed by atoms with Gasteiger partial charge in [-0.25, -0.2) is 0 Å². The first kappa shape index (κ1) is 15.5. The Morgan fingerprint density at radius 3 is 2.68 bits per heavy atom. The molecule has 0 heterocycles. The van der Waals surface area contributed by atoms with E-state index in [0.717, 1.165) is 23.4 Å². The molecule has 0 atom stereocenters. The fourth-order valence-electron chi connectivity index (χ4n) is 1.51. The van der Waals surface area contributed by atoms with Crippen LogP contribution in [-0.2, 0) is 0 Å². The van der Waals surface area contributed by atoms with Gasteiger partial charge in [-0.2, -0.15) is 0 Å². The van der Waals surface area contributed by atoms with Crippen LogP contribution in [0.15, 0.2) is 33.7 Å². The van der Waals surface area contributed by atoms with E-state index < -0.39 is 0 Å². The minimum Gasteiger partial charge on any atom is -0.359 e. The van der Waals surface area contributed by atoms with E-state index in [1.807, 2.05) is 19.2 Å². The SMILES string of the molecule is CN=C(NC)NCCCNC(=O)c1cccc(Br)c1. The number of benzene rings is 1. The highest BCUT2D eigenvalue weighted by molar-refractivity contribution is 9.10. The molecule has 0 bridgehead atoms. The number of hydrogen-bond donors (Lipinski definition) is 3. The molecule has 0 fully saturated rings. The van der Waals surface area contributed by atoms with Crippen LogP contribution < -0.4 is 16.0 Å². The van der Waals surface area contributed by atoms with E-state index in [4.69, 9.17) is 0 Å². The maximum Gasteiger partial charge on any atom is 0.251 e. The normalized spacial score (nSPS) is 11.0. The molecule has 0 radical (unpaired) electrons. The fraction of sp³-hybridized carbons (Fsp3) is 0.385. The van der Waals surface area contributed by atoms with Gasteiger partial charge in [-0.15, -0.1) is 0 Å². The lowest BCUT2D eigenvalue weighted by Gasteiger charge is -2.09. The zero-order valence-corrected chi connectivity index (χ0v) is 12.8. The second kappa shape index (κ2) is 8.53. The molecule has 1 rings (SSSR count).